The number of fused-ring (bicyclic) bond motifs is 1. The number of nitrogens with zero attached hydrogens (tertiary/aromatic N) is 2. The number of hydrogen-bond donors (Lipinski definition) is 2. The molecule has 3 aromatic rings. The van der Waals surface area contributed by atoms with E-state index in [0.717, 1.165) is 38.9 Å². The maximum Gasteiger partial charge on any atom is 0.328 e. The molecule has 0 amide bonds. The molecule has 2 heterocycles. The first-order valence-electron chi connectivity index (χ1n) is 10.1. The average Bonchev–Trinajstić information content (AvgIpc) is 2.74. The number of nitrogen functional groups attached to an aromatic ring is 1. The third kappa shape index (κ3) is 4.32. The van der Waals surface area contributed by atoms with Crippen molar-refractivity contribution in [2.24, 2.45) is 0 Å². The highest BCUT2D eigenvalue weighted by Crippen LogP contribution is 2.22. The van der Waals surface area contributed by atoms with Crippen molar-refractivity contribution in [3.05, 3.63) is 81.0 Å². The van der Waals surface area contributed by atoms with Gasteiger partial charge < -0.3 is 5.73 Å². The van der Waals surface area contributed by atoms with E-state index < -0.39 is 0 Å². The molecule has 0 saturated heterocycles. The van der Waals surface area contributed by atoms with Gasteiger partial charge in [-0.05, 0) is 55.1 Å². The number of rotatable bonds is 6. The van der Waals surface area contributed by atoms with Crippen LogP contribution in [0.1, 0.15) is 24.8 Å². The summed E-state index contributed by atoms with van der Waals surface area (Å²) in [4.78, 5) is 29.1. The second-order valence-corrected chi connectivity index (χ2v) is 7.54. The molecule has 0 fully saturated rings. The van der Waals surface area contributed by atoms with Crippen LogP contribution in [0, 0.1) is 0 Å². The van der Waals surface area contributed by atoms with Gasteiger partial charge in [-0.25, -0.2) is 4.79 Å². The zero-order valence-electron chi connectivity index (χ0n) is 16.4. The quantitative estimate of drug-likeness (QED) is 0.501. The second kappa shape index (κ2) is 8.49. The summed E-state index contributed by atoms with van der Waals surface area (Å²) >= 11 is 0. The SMILES string of the molecule is Nc1ccc2c(c1)c(=O)[nH]c(=O)n2CCCCN1CC=C(c2ccccc2)CC1. The summed E-state index contributed by atoms with van der Waals surface area (Å²) in [5.41, 5.74) is 8.93. The number of aromatic nitrogens is 2. The van der Waals surface area contributed by atoms with Gasteiger partial charge in [0.1, 0.15) is 0 Å². The van der Waals surface area contributed by atoms with Crippen molar-refractivity contribution in [3.8, 4) is 0 Å². The van der Waals surface area contributed by atoms with E-state index >= 15 is 0 Å². The van der Waals surface area contributed by atoms with Gasteiger partial charge in [0.05, 0.1) is 10.9 Å². The Labute approximate surface area is 169 Å². The largest absolute Gasteiger partial charge is 0.399 e. The summed E-state index contributed by atoms with van der Waals surface area (Å²) in [6.07, 6.45) is 5.26. The Morgan fingerprint density at radius 1 is 1.00 bits per heavy atom. The molecule has 0 aliphatic carbocycles. The third-order valence-corrected chi connectivity index (χ3v) is 5.57. The number of hydrogen-bond acceptors (Lipinski definition) is 4. The molecule has 1 aromatic heterocycles. The standard InChI is InChI=1S/C23H26N4O2/c24-19-8-9-21-20(16-19)22(28)25-23(29)27(21)13-5-4-12-26-14-10-18(11-15-26)17-6-2-1-3-7-17/h1-3,6-10,16H,4-5,11-15,24H2,(H,25,28,29). The normalized spacial score (nSPS) is 14.8. The molecule has 3 N–H and O–H groups in total. The van der Waals surface area contributed by atoms with Crippen LogP contribution in [0.4, 0.5) is 5.69 Å². The average molecular weight is 390 g/mol. The number of aromatic amines is 1. The van der Waals surface area contributed by atoms with E-state index in [0.29, 0.717) is 23.1 Å². The fraction of sp³-hybridized carbons (Fsp3) is 0.304. The number of nitrogens with two attached hydrogens (primary N) is 1. The molecule has 0 spiro atoms. The van der Waals surface area contributed by atoms with Crippen molar-refractivity contribution in [3.63, 3.8) is 0 Å². The molecule has 29 heavy (non-hydrogen) atoms. The fourth-order valence-electron chi connectivity index (χ4n) is 3.97. The first-order valence-corrected chi connectivity index (χ1v) is 10.1. The summed E-state index contributed by atoms with van der Waals surface area (Å²) in [7, 11) is 0. The first kappa shape index (κ1) is 19.2. The molecule has 6 heteroatoms. The zero-order chi connectivity index (χ0) is 20.2. The summed E-state index contributed by atoms with van der Waals surface area (Å²) < 4.78 is 1.64. The van der Waals surface area contributed by atoms with Crippen LogP contribution in [0.2, 0.25) is 0 Å². The van der Waals surface area contributed by atoms with Crippen LogP contribution in [0.15, 0.2) is 64.2 Å². The van der Waals surface area contributed by atoms with Gasteiger partial charge in [0.2, 0.25) is 0 Å². The summed E-state index contributed by atoms with van der Waals surface area (Å²) in [5, 5.41) is 0.458. The van der Waals surface area contributed by atoms with Crippen LogP contribution in [0.5, 0.6) is 0 Å². The molecule has 1 aliphatic heterocycles. The number of nitrogens with one attached hydrogen (secondary N) is 1. The Kier molecular flexibility index (Phi) is 5.62. The van der Waals surface area contributed by atoms with Gasteiger partial charge in [0.15, 0.2) is 0 Å². The molecular formula is C23H26N4O2. The Hall–Kier alpha value is -3.12. The lowest BCUT2D eigenvalue weighted by Gasteiger charge is -2.26. The number of benzene rings is 2. The highest BCUT2D eigenvalue weighted by atomic mass is 16.2. The van der Waals surface area contributed by atoms with Crippen LogP contribution in [0.3, 0.4) is 0 Å². The topological polar surface area (TPSA) is 84.1 Å². The Morgan fingerprint density at radius 3 is 2.55 bits per heavy atom. The lowest BCUT2D eigenvalue weighted by molar-refractivity contribution is 0.292. The van der Waals surface area contributed by atoms with E-state index in [-0.39, 0.29) is 11.2 Å². The van der Waals surface area contributed by atoms with Crippen LogP contribution < -0.4 is 17.0 Å². The molecule has 0 unspecified atom stereocenters. The van der Waals surface area contributed by atoms with Crippen LogP contribution in [0.25, 0.3) is 16.5 Å². The van der Waals surface area contributed by atoms with Crippen molar-refractivity contribution in [1.82, 2.24) is 14.5 Å². The van der Waals surface area contributed by atoms with Crippen LogP contribution in [-0.2, 0) is 6.54 Å². The van der Waals surface area contributed by atoms with Crippen molar-refractivity contribution in [2.75, 3.05) is 25.4 Å². The van der Waals surface area contributed by atoms with Gasteiger partial charge in [-0.2, -0.15) is 0 Å². The Balaban J connectivity index is 1.34. The second-order valence-electron chi connectivity index (χ2n) is 7.54. The number of aryl methyl sites for hydroxylation is 1. The lowest BCUT2D eigenvalue weighted by Crippen LogP contribution is -2.31. The summed E-state index contributed by atoms with van der Waals surface area (Å²) in [5.74, 6) is 0. The number of anilines is 1. The molecule has 0 bridgehead atoms. The van der Waals surface area contributed by atoms with E-state index in [1.165, 1.54) is 11.1 Å². The van der Waals surface area contributed by atoms with Gasteiger partial charge in [-0.1, -0.05) is 36.4 Å². The van der Waals surface area contributed by atoms with Gasteiger partial charge in [0, 0.05) is 25.3 Å². The fourth-order valence-corrected chi connectivity index (χ4v) is 3.97. The summed E-state index contributed by atoms with van der Waals surface area (Å²) in [6.45, 7) is 3.60. The van der Waals surface area contributed by atoms with Crippen LogP contribution >= 0.6 is 0 Å². The minimum atomic E-state index is -0.386. The maximum atomic E-state index is 12.3. The molecule has 4 rings (SSSR count). The van der Waals surface area contributed by atoms with E-state index in [1.807, 2.05) is 6.07 Å². The highest BCUT2D eigenvalue weighted by molar-refractivity contribution is 5.81. The first-order chi connectivity index (χ1) is 14.1. The molecule has 150 valence electrons. The van der Waals surface area contributed by atoms with E-state index in [1.54, 1.807) is 22.8 Å². The zero-order valence-corrected chi connectivity index (χ0v) is 16.4. The third-order valence-electron chi connectivity index (χ3n) is 5.57. The minimum absolute atomic E-state index is 0.360. The number of unbranched alkanes of at least 4 members (excludes halogenated alkanes) is 1. The highest BCUT2D eigenvalue weighted by Gasteiger charge is 2.13. The van der Waals surface area contributed by atoms with Gasteiger partial charge in [-0.15, -0.1) is 0 Å². The van der Waals surface area contributed by atoms with E-state index in [9.17, 15) is 9.59 Å². The molecule has 1 aliphatic rings. The van der Waals surface area contributed by atoms with Crippen molar-refractivity contribution >= 4 is 22.2 Å². The predicted octanol–water partition coefficient (Wildman–Crippen LogP) is 2.84. The van der Waals surface area contributed by atoms with Crippen LogP contribution in [-0.4, -0.2) is 34.1 Å². The Morgan fingerprint density at radius 2 is 1.79 bits per heavy atom. The smallest absolute Gasteiger partial charge is 0.328 e. The van der Waals surface area contributed by atoms with Crippen molar-refractivity contribution < 1.29 is 0 Å². The molecule has 2 aromatic carbocycles. The van der Waals surface area contributed by atoms with Gasteiger partial charge >= 0.3 is 5.69 Å². The molecule has 0 radical (unpaired) electrons. The summed E-state index contributed by atoms with van der Waals surface area (Å²) in [6, 6.07) is 15.6. The molecule has 0 atom stereocenters. The van der Waals surface area contributed by atoms with Crippen molar-refractivity contribution in [1.29, 1.82) is 0 Å². The van der Waals surface area contributed by atoms with E-state index in [4.69, 9.17) is 5.73 Å². The Bertz CT molecular complexity index is 1140. The van der Waals surface area contributed by atoms with E-state index in [2.05, 4.69) is 40.2 Å². The number of H-pyrrole nitrogens is 1. The molecular weight excluding hydrogens is 364 g/mol. The maximum absolute atomic E-state index is 12.3. The lowest BCUT2D eigenvalue weighted by atomic mass is 9.99. The molecule has 6 nitrogen and oxygen atoms in total. The van der Waals surface area contributed by atoms with Gasteiger partial charge in [-0.3, -0.25) is 19.2 Å². The van der Waals surface area contributed by atoms with Gasteiger partial charge in [0.25, 0.3) is 5.56 Å². The molecule has 0 saturated carbocycles. The van der Waals surface area contributed by atoms with Crippen molar-refractivity contribution in [2.45, 2.75) is 25.8 Å². The monoisotopic (exact) mass is 390 g/mol. The predicted molar refractivity (Wildman–Crippen MR) is 118 cm³/mol. The minimum Gasteiger partial charge on any atom is -0.399 e.